The zero-order chi connectivity index (χ0) is 39.3. The minimum Gasteiger partial charge on any atom is -0.493 e. The summed E-state index contributed by atoms with van der Waals surface area (Å²) in [6, 6.07) is 20.8. The molecule has 0 aromatic heterocycles. The van der Waals surface area contributed by atoms with Crippen LogP contribution in [-0.4, -0.2) is 107 Å². The number of hydrogen-bond acceptors (Lipinski definition) is 10. The minimum absolute atomic E-state index is 0.0829. The highest BCUT2D eigenvalue weighted by Crippen LogP contribution is 2.52. The highest BCUT2D eigenvalue weighted by molar-refractivity contribution is 5.64. The smallest absolute Gasteiger partial charge is 0.204 e. The van der Waals surface area contributed by atoms with E-state index in [-0.39, 0.29) is 18.6 Å². The summed E-state index contributed by atoms with van der Waals surface area (Å²) >= 11 is 0. The second-order valence-corrected chi connectivity index (χ2v) is 15.5. The number of aryl methyl sites for hydroxylation is 1. The molecule has 300 valence electrons. The standard InChI is InChI=1S/C46H59N3O7/c1-8-33-25-40(52-6)42-27-37(33)30(3)22-31-10-13-36(14-11-31)55-41-24-32(12-15-39(41)51-5)23-38-44-34(16-17-47(38)4)26-43(53-7)45(46(44)56-42)54-29-35(50)28-49-20-18-48(9-2)19-21-49/h10-15,24-27,30,35,38,50H,8-9,16-23,28-29H2,1-7H3. The van der Waals surface area contributed by atoms with Gasteiger partial charge in [0.1, 0.15) is 18.5 Å². The molecule has 0 saturated carbocycles. The molecule has 56 heavy (non-hydrogen) atoms. The van der Waals surface area contributed by atoms with Gasteiger partial charge in [0.15, 0.2) is 34.5 Å². The fourth-order valence-electron chi connectivity index (χ4n) is 8.56. The van der Waals surface area contributed by atoms with Gasteiger partial charge in [-0.1, -0.05) is 39.0 Å². The largest absolute Gasteiger partial charge is 0.493 e. The molecule has 1 fully saturated rings. The lowest BCUT2D eigenvalue weighted by molar-refractivity contribution is 0.0458. The second-order valence-electron chi connectivity index (χ2n) is 15.5. The molecule has 0 radical (unpaired) electrons. The van der Waals surface area contributed by atoms with Crippen LogP contribution in [0.3, 0.4) is 0 Å². The first kappa shape index (κ1) is 39.7. The molecule has 0 spiro atoms. The number of aliphatic hydroxyl groups is 1. The highest BCUT2D eigenvalue weighted by atomic mass is 16.6. The quantitative estimate of drug-likeness (QED) is 0.174. The lowest BCUT2D eigenvalue weighted by Gasteiger charge is -2.37. The van der Waals surface area contributed by atoms with Gasteiger partial charge in [0.25, 0.3) is 0 Å². The third kappa shape index (κ3) is 8.59. The Morgan fingerprint density at radius 1 is 0.768 bits per heavy atom. The van der Waals surface area contributed by atoms with Crippen LogP contribution in [0.4, 0.5) is 0 Å². The fraction of sp³-hybridized carbons (Fsp3) is 0.478. The Bertz CT molecular complexity index is 1960. The molecule has 1 N–H and O–H groups in total. The SMILES string of the molecule is CCc1cc(OC)c2cc1C(C)Cc1ccc(cc1)Oc1cc(ccc1OC)CC1c3c(cc(OC)c(OCC(O)CN4CCN(CC)CC4)c3O2)CCN1C. The van der Waals surface area contributed by atoms with Crippen molar-refractivity contribution in [2.75, 3.05) is 80.8 Å². The Morgan fingerprint density at radius 3 is 2.16 bits per heavy atom. The second kappa shape index (κ2) is 17.8. The number of ether oxygens (including phenoxy) is 6. The van der Waals surface area contributed by atoms with E-state index in [0.29, 0.717) is 53.2 Å². The molecule has 4 aromatic rings. The molecule has 10 nitrogen and oxygen atoms in total. The molecule has 0 amide bonds. The van der Waals surface area contributed by atoms with Gasteiger partial charge in [-0.3, -0.25) is 9.80 Å². The van der Waals surface area contributed by atoms with Crippen molar-refractivity contribution in [3.05, 3.63) is 94.0 Å². The van der Waals surface area contributed by atoms with E-state index in [4.69, 9.17) is 28.4 Å². The summed E-state index contributed by atoms with van der Waals surface area (Å²) in [6.07, 6.45) is 2.46. The van der Waals surface area contributed by atoms with Crippen LogP contribution in [0.2, 0.25) is 0 Å². The van der Waals surface area contributed by atoms with Crippen LogP contribution in [0, 0.1) is 0 Å². The van der Waals surface area contributed by atoms with Crippen molar-refractivity contribution >= 4 is 0 Å². The van der Waals surface area contributed by atoms with E-state index in [2.05, 4.69) is 85.0 Å². The van der Waals surface area contributed by atoms with E-state index >= 15 is 0 Å². The molecule has 3 unspecified atom stereocenters. The molecule has 4 aliphatic rings. The number of rotatable bonds is 10. The first-order valence-electron chi connectivity index (χ1n) is 20.2. The van der Waals surface area contributed by atoms with E-state index < -0.39 is 6.10 Å². The van der Waals surface area contributed by atoms with Gasteiger partial charge in [-0.25, -0.2) is 0 Å². The molecule has 1 saturated heterocycles. The van der Waals surface area contributed by atoms with E-state index in [9.17, 15) is 5.11 Å². The van der Waals surface area contributed by atoms with Crippen molar-refractivity contribution in [3.8, 4) is 46.0 Å². The van der Waals surface area contributed by atoms with Crippen molar-refractivity contribution in [1.82, 2.24) is 14.7 Å². The summed E-state index contributed by atoms with van der Waals surface area (Å²) in [5, 5.41) is 11.4. The van der Waals surface area contributed by atoms with Crippen LogP contribution < -0.4 is 28.4 Å². The molecule has 8 rings (SSSR count). The van der Waals surface area contributed by atoms with E-state index in [1.165, 1.54) is 16.7 Å². The fourth-order valence-corrected chi connectivity index (χ4v) is 8.56. The van der Waals surface area contributed by atoms with E-state index in [1.54, 1.807) is 21.3 Å². The number of fused-ring (bicyclic) bond motifs is 3. The summed E-state index contributed by atoms with van der Waals surface area (Å²) < 4.78 is 38.3. The number of nitrogens with zero attached hydrogens (tertiary/aromatic N) is 3. The topological polar surface area (TPSA) is 85.3 Å². The van der Waals surface area contributed by atoms with Gasteiger partial charge >= 0.3 is 0 Å². The number of hydrogen-bond donors (Lipinski definition) is 1. The maximum Gasteiger partial charge on any atom is 0.204 e. The average Bonchev–Trinajstić information content (AvgIpc) is 3.21. The number of likely N-dealkylation sites (N-methyl/N-ethyl adjacent to an activating group) is 2. The van der Waals surface area contributed by atoms with Crippen molar-refractivity contribution in [2.45, 2.75) is 64.5 Å². The van der Waals surface area contributed by atoms with Gasteiger partial charge in [-0.15, -0.1) is 0 Å². The predicted octanol–water partition coefficient (Wildman–Crippen LogP) is 7.67. The maximum absolute atomic E-state index is 11.4. The normalized spacial score (nSPS) is 19.5. The average molecular weight is 766 g/mol. The van der Waals surface area contributed by atoms with Crippen LogP contribution >= 0.6 is 0 Å². The lowest BCUT2D eigenvalue weighted by Crippen LogP contribution is -2.49. The Balaban J connectivity index is 1.36. The van der Waals surface area contributed by atoms with Gasteiger partial charge in [-0.05, 0) is 115 Å². The van der Waals surface area contributed by atoms with Crippen molar-refractivity contribution in [2.24, 2.45) is 0 Å². The van der Waals surface area contributed by atoms with Crippen molar-refractivity contribution in [3.63, 3.8) is 0 Å². The van der Waals surface area contributed by atoms with Gasteiger partial charge < -0.3 is 38.4 Å². The molecular weight excluding hydrogens is 707 g/mol. The van der Waals surface area contributed by atoms with Crippen LogP contribution in [0.15, 0.2) is 60.7 Å². The summed E-state index contributed by atoms with van der Waals surface area (Å²) in [5.74, 6) is 5.19. The van der Waals surface area contributed by atoms with Gasteiger partial charge in [0.05, 0.1) is 21.3 Å². The third-order valence-electron chi connectivity index (χ3n) is 11.8. The molecule has 0 aliphatic carbocycles. The number of aliphatic hydroxyl groups excluding tert-OH is 1. The third-order valence-corrected chi connectivity index (χ3v) is 11.8. The van der Waals surface area contributed by atoms with E-state index in [1.807, 2.05) is 18.2 Å². The summed E-state index contributed by atoms with van der Waals surface area (Å²) in [6.45, 7) is 13.0. The first-order chi connectivity index (χ1) is 27.2. The summed E-state index contributed by atoms with van der Waals surface area (Å²) in [5.41, 5.74) is 6.89. The molecule has 4 aliphatic heterocycles. The maximum atomic E-state index is 11.4. The van der Waals surface area contributed by atoms with Gasteiger partial charge in [0, 0.05) is 50.9 Å². The zero-order valence-corrected chi connectivity index (χ0v) is 34.2. The molecule has 3 atom stereocenters. The van der Waals surface area contributed by atoms with Crippen LogP contribution in [-0.2, 0) is 25.7 Å². The molecule has 4 aromatic carbocycles. The molecule has 4 heterocycles. The summed E-state index contributed by atoms with van der Waals surface area (Å²) in [4.78, 5) is 7.13. The number of β-amino-alcohol motifs (C(OH)–C–C–N with tert-alkyl or cyclic N) is 1. The van der Waals surface area contributed by atoms with Crippen LogP contribution in [0.1, 0.15) is 66.1 Å². The Hall–Kier alpha value is -4.48. The number of methoxy groups -OCH3 is 3. The Labute approximate surface area is 332 Å². The molecule has 10 heteroatoms. The highest BCUT2D eigenvalue weighted by Gasteiger charge is 2.34. The van der Waals surface area contributed by atoms with Gasteiger partial charge in [0.2, 0.25) is 5.75 Å². The monoisotopic (exact) mass is 765 g/mol. The van der Waals surface area contributed by atoms with Crippen molar-refractivity contribution < 1.29 is 33.5 Å². The lowest BCUT2D eigenvalue weighted by atomic mass is 9.87. The van der Waals surface area contributed by atoms with E-state index in [0.717, 1.165) is 81.0 Å². The van der Waals surface area contributed by atoms with Crippen LogP contribution in [0.5, 0.6) is 46.0 Å². The number of piperazine rings is 1. The minimum atomic E-state index is -0.703. The summed E-state index contributed by atoms with van der Waals surface area (Å²) in [7, 11) is 7.19. The molecular formula is C46H59N3O7. The Morgan fingerprint density at radius 2 is 1.46 bits per heavy atom. The van der Waals surface area contributed by atoms with Crippen molar-refractivity contribution in [1.29, 1.82) is 0 Å². The zero-order valence-electron chi connectivity index (χ0n) is 34.2. The molecule has 6 bridgehead atoms. The Kier molecular flexibility index (Phi) is 12.6. The predicted molar refractivity (Wildman–Crippen MR) is 220 cm³/mol. The van der Waals surface area contributed by atoms with Gasteiger partial charge in [-0.2, -0.15) is 0 Å². The van der Waals surface area contributed by atoms with Crippen LogP contribution in [0.25, 0.3) is 0 Å². The first-order valence-corrected chi connectivity index (χ1v) is 20.2. The number of benzene rings is 4.